The van der Waals surface area contributed by atoms with E-state index < -0.39 is 15.7 Å². The van der Waals surface area contributed by atoms with Crippen LogP contribution in [0.3, 0.4) is 0 Å². The zero-order valence-corrected chi connectivity index (χ0v) is 16.9. The highest BCUT2D eigenvalue weighted by Gasteiger charge is 2.18. The van der Waals surface area contributed by atoms with Gasteiger partial charge in [-0.05, 0) is 36.8 Å². The molecule has 0 bridgehead atoms. The number of rotatable bonds is 5. The van der Waals surface area contributed by atoms with Gasteiger partial charge < -0.3 is 9.30 Å². The zero-order chi connectivity index (χ0) is 19.6. The third-order valence-electron chi connectivity index (χ3n) is 4.07. The van der Waals surface area contributed by atoms with Gasteiger partial charge in [-0.15, -0.1) is 0 Å². The number of aryl methyl sites for hydroxylation is 1. The summed E-state index contributed by atoms with van der Waals surface area (Å²) < 4.78 is 32.1. The Labute approximate surface area is 161 Å². The number of ether oxygens (including phenoxy) is 1. The Morgan fingerprint density at radius 3 is 2.67 bits per heavy atom. The fourth-order valence-electron chi connectivity index (χ4n) is 2.78. The minimum atomic E-state index is -3.53. The first-order valence-electron chi connectivity index (χ1n) is 8.28. The van der Waals surface area contributed by atoms with Crippen LogP contribution in [0.2, 0.25) is 0 Å². The SMILES string of the molecule is COCCn1c(=NC(=O)c2ccccc2S(C)(=O)=O)sc2cc(C)ccc21. The van der Waals surface area contributed by atoms with E-state index in [4.69, 9.17) is 4.74 Å². The Morgan fingerprint density at radius 1 is 1.22 bits per heavy atom. The lowest BCUT2D eigenvalue weighted by Crippen LogP contribution is -2.20. The average Bonchev–Trinajstić information content (AvgIpc) is 2.95. The van der Waals surface area contributed by atoms with Crippen molar-refractivity contribution in [3.8, 4) is 0 Å². The van der Waals surface area contributed by atoms with Gasteiger partial charge in [-0.2, -0.15) is 4.99 Å². The number of sulfone groups is 1. The van der Waals surface area contributed by atoms with Crippen LogP contribution in [-0.4, -0.2) is 38.9 Å². The Bertz CT molecular complexity index is 1170. The van der Waals surface area contributed by atoms with Crippen molar-refractivity contribution in [1.29, 1.82) is 0 Å². The van der Waals surface area contributed by atoms with Crippen LogP contribution < -0.4 is 4.80 Å². The second-order valence-electron chi connectivity index (χ2n) is 6.19. The molecule has 8 heteroatoms. The summed E-state index contributed by atoms with van der Waals surface area (Å²) in [6.07, 6.45) is 1.08. The van der Waals surface area contributed by atoms with Gasteiger partial charge in [0.2, 0.25) is 0 Å². The topological polar surface area (TPSA) is 77.7 Å². The lowest BCUT2D eigenvalue weighted by Gasteiger charge is -2.05. The highest BCUT2D eigenvalue weighted by molar-refractivity contribution is 7.90. The summed E-state index contributed by atoms with van der Waals surface area (Å²) in [5, 5.41) is 0. The Kier molecular flexibility index (Phi) is 5.59. The van der Waals surface area contributed by atoms with Gasteiger partial charge in [0.1, 0.15) is 0 Å². The molecule has 1 amide bonds. The number of hydrogen-bond acceptors (Lipinski definition) is 5. The molecule has 3 aromatic rings. The predicted octanol–water partition coefficient (Wildman–Crippen LogP) is 2.80. The maximum atomic E-state index is 12.8. The van der Waals surface area contributed by atoms with Crippen LogP contribution in [0.15, 0.2) is 52.4 Å². The van der Waals surface area contributed by atoms with E-state index in [-0.39, 0.29) is 10.5 Å². The maximum Gasteiger partial charge on any atom is 0.280 e. The molecule has 27 heavy (non-hydrogen) atoms. The number of carbonyl (C=O) groups excluding carboxylic acids is 1. The zero-order valence-electron chi connectivity index (χ0n) is 15.3. The van der Waals surface area contributed by atoms with Gasteiger partial charge in [0.05, 0.1) is 27.3 Å². The van der Waals surface area contributed by atoms with Crippen molar-refractivity contribution in [1.82, 2.24) is 4.57 Å². The third kappa shape index (κ3) is 4.18. The van der Waals surface area contributed by atoms with E-state index in [1.165, 1.54) is 23.5 Å². The molecule has 0 aliphatic heterocycles. The summed E-state index contributed by atoms with van der Waals surface area (Å²) in [5.74, 6) is -0.578. The largest absolute Gasteiger partial charge is 0.383 e. The van der Waals surface area contributed by atoms with Crippen molar-refractivity contribution in [3.63, 3.8) is 0 Å². The number of fused-ring (bicyclic) bond motifs is 1. The van der Waals surface area contributed by atoms with E-state index in [2.05, 4.69) is 4.99 Å². The third-order valence-corrected chi connectivity index (χ3v) is 6.27. The molecule has 1 heterocycles. The summed E-state index contributed by atoms with van der Waals surface area (Å²) in [6.45, 7) is 3.02. The molecule has 0 fully saturated rings. The fraction of sp³-hybridized carbons (Fsp3) is 0.263. The summed E-state index contributed by atoms with van der Waals surface area (Å²) in [4.78, 5) is 17.5. The van der Waals surface area contributed by atoms with E-state index in [1.807, 2.05) is 29.7 Å². The molecular formula is C19H20N2O4S2. The molecule has 0 N–H and O–H groups in total. The van der Waals surface area contributed by atoms with Gasteiger partial charge in [0, 0.05) is 19.9 Å². The van der Waals surface area contributed by atoms with Crippen LogP contribution in [0.1, 0.15) is 15.9 Å². The first-order chi connectivity index (χ1) is 12.8. The van der Waals surface area contributed by atoms with Crippen LogP contribution in [0.5, 0.6) is 0 Å². The molecule has 3 rings (SSSR count). The molecule has 0 atom stereocenters. The monoisotopic (exact) mass is 404 g/mol. The number of amides is 1. The molecule has 0 unspecified atom stereocenters. The van der Waals surface area contributed by atoms with Crippen molar-refractivity contribution in [3.05, 3.63) is 58.4 Å². The minimum Gasteiger partial charge on any atom is -0.383 e. The number of carbonyl (C=O) groups is 1. The van der Waals surface area contributed by atoms with Crippen molar-refractivity contribution < 1.29 is 17.9 Å². The second-order valence-corrected chi connectivity index (χ2v) is 9.18. The van der Waals surface area contributed by atoms with Gasteiger partial charge in [0.15, 0.2) is 14.6 Å². The number of methoxy groups -OCH3 is 1. The van der Waals surface area contributed by atoms with E-state index in [1.54, 1.807) is 19.2 Å². The van der Waals surface area contributed by atoms with Crippen molar-refractivity contribution in [2.24, 2.45) is 4.99 Å². The normalized spacial score (nSPS) is 12.6. The van der Waals surface area contributed by atoms with Gasteiger partial charge >= 0.3 is 0 Å². The van der Waals surface area contributed by atoms with E-state index in [0.29, 0.717) is 18.0 Å². The first kappa shape index (κ1) is 19.5. The first-order valence-corrected chi connectivity index (χ1v) is 11.0. The molecular weight excluding hydrogens is 384 g/mol. The molecule has 0 saturated carbocycles. The minimum absolute atomic E-state index is 0.0147. The van der Waals surface area contributed by atoms with Crippen LogP contribution in [0, 0.1) is 6.92 Å². The van der Waals surface area contributed by atoms with Crippen LogP contribution in [-0.2, 0) is 21.1 Å². The molecule has 0 aliphatic rings. The van der Waals surface area contributed by atoms with Crippen molar-refractivity contribution in [2.75, 3.05) is 20.0 Å². The summed E-state index contributed by atoms with van der Waals surface area (Å²) in [6, 6.07) is 12.2. The quantitative estimate of drug-likeness (QED) is 0.655. The van der Waals surface area contributed by atoms with E-state index in [9.17, 15) is 13.2 Å². The average molecular weight is 405 g/mol. The number of thiazole rings is 1. The van der Waals surface area contributed by atoms with Gasteiger partial charge in [0.25, 0.3) is 5.91 Å². The highest BCUT2D eigenvalue weighted by Crippen LogP contribution is 2.20. The molecule has 0 radical (unpaired) electrons. The Morgan fingerprint density at radius 2 is 1.96 bits per heavy atom. The number of nitrogens with zero attached hydrogens (tertiary/aromatic N) is 2. The molecule has 6 nitrogen and oxygen atoms in total. The van der Waals surface area contributed by atoms with Crippen LogP contribution in [0.4, 0.5) is 0 Å². The van der Waals surface area contributed by atoms with E-state index >= 15 is 0 Å². The summed E-state index contributed by atoms with van der Waals surface area (Å²) >= 11 is 1.40. The lowest BCUT2D eigenvalue weighted by atomic mass is 10.2. The van der Waals surface area contributed by atoms with Crippen LogP contribution in [0.25, 0.3) is 10.2 Å². The second kappa shape index (κ2) is 7.75. The Hall–Kier alpha value is -2.29. The molecule has 1 aromatic heterocycles. The van der Waals surface area contributed by atoms with E-state index in [0.717, 1.165) is 22.0 Å². The molecule has 142 valence electrons. The van der Waals surface area contributed by atoms with Crippen molar-refractivity contribution in [2.45, 2.75) is 18.4 Å². The number of benzene rings is 2. The molecule has 0 saturated heterocycles. The standard InChI is InChI=1S/C19H20N2O4S2/c1-13-8-9-15-16(12-13)26-19(21(15)10-11-25-2)20-18(22)14-6-4-5-7-17(14)27(3,23)24/h4-9,12H,10-11H2,1-3H3. The molecule has 2 aromatic carbocycles. The van der Waals surface area contributed by atoms with Gasteiger partial charge in [-0.25, -0.2) is 8.42 Å². The highest BCUT2D eigenvalue weighted by atomic mass is 32.2. The number of hydrogen-bond donors (Lipinski definition) is 0. The smallest absolute Gasteiger partial charge is 0.280 e. The lowest BCUT2D eigenvalue weighted by molar-refractivity contribution is 0.0994. The van der Waals surface area contributed by atoms with Crippen LogP contribution >= 0.6 is 11.3 Å². The molecule has 0 aliphatic carbocycles. The molecule has 0 spiro atoms. The summed E-state index contributed by atoms with van der Waals surface area (Å²) in [7, 11) is -1.91. The predicted molar refractivity (Wildman–Crippen MR) is 106 cm³/mol. The Balaban J connectivity index is 2.17. The van der Waals surface area contributed by atoms with Crippen molar-refractivity contribution >= 4 is 37.3 Å². The fourth-order valence-corrected chi connectivity index (χ4v) is 4.81. The van der Waals surface area contributed by atoms with Gasteiger partial charge in [-0.1, -0.05) is 29.5 Å². The maximum absolute atomic E-state index is 12.8. The van der Waals surface area contributed by atoms with Gasteiger partial charge in [-0.3, -0.25) is 4.79 Å². The number of aromatic nitrogens is 1. The summed E-state index contributed by atoms with van der Waals surface area (Å²) in [5.41, 5.74) is 2.15.